The average Bonchev–Trinajstić information content (AvgIpc) is 2.28. The number of aromatic nitrogens is 1. The zero-order valence-corrected chi connectivity index (χ0v) is 12.0. The maximum atomic E-state index is 11.9. The molecule has 1 aromatic heterocycles. The fourth-order valence-corrected chi connectivity index (χ4v) is 3.51. The minimum atomic E-state index is -3.86. The predicted molar refractivity (Wildman–Crippen MR) is 71.3 cm³/mol. The van der Waals surface area contributed by atoms with E-state index < -0.39 is 20.0 Å². The molecule has 8 nitrogen and oxygen atoms in total. The van der Waals surface area contributed by atoms with Crippen molar-refractivity contribution in [1.29, 1.82) is 0 Å². The Kier molecular flexibility index (Phi) is 5.23. The summed E-state index contributed by atoms with van der Waals surface area (Å²) in [6.07, 6.45) is 1.37. The minimum absolute atomic E-state index is 0.135. The van der Waals surface area contributed by atoms with Crippen molar-refractivity contribution in [3.8, 4) is 0 Å². The number of nitrogens with two attached hydrogens (primary N) is 1. The minimum Gasteiger partial charge on any atom is -0.383 e. The van der Waals surface area contributed by atoms with Crippen LogP contribution in [0.1, 0.15) is 6.92 Å². The molecule has 0 radical (unpaired) electrons. The van der Waals surface area contributed by atoms with E-state index in [0.29, 0.717) is 0 Å². The van der Waals surface area contributed by atoms with Gasteiger partial charge in [-0.05, 0) is 12.1 Å². The van der Waals surface area contributed by atoms with Crippen molar-refractivity contribution in [3.63, 3.8) is 0 Å². The van der Waals surface area contributed by atoms with E-state index in [1.54, 1.807) is 6.92 Å². The molecule has 108 valence electrons. The number of nitrogens with zero attached hydrogens (tertiary/aromatic N) is 1. The average molecular weight is 308 g/mol. The third-order valence-corrected chi connectivity index (χ3v) is 5.09. The molecule has 0 aromatic carbocycles. The molecule has 0 aliphatic rings. The lowest BCUT2D eigenvalue weighted by atomic mass is 10.5. The summed E-state index contributed by atoms with van der Waals surface area (Å²) in [5, 5.41) is 0. The summed E-state index contributed by atoms with van der Waals surface area (Å²) in [5.74, 6) is -0.482. The summed E-state index contributed by atoms with van der Waals surface area (Å²) < 4.78 is 50.8. The second kappa shape index (κ2) is 6.28. The second-order valence-corrected chi connectivity index (χ2v) is 7.26. The molecular formula is C9H16N4O4S2. The lowest BCUT2D eigenvalue weighted by Crippen LogP contribution is -2.34. The van der Waals surface area contributed by atoms with Gasteiger partial charge in [-0.15, -0.1) is 0 Å². The van der Waals surface area contributed by atoms with Crippen LogP contribution in [-0.2, 0) is 20.0 Å². The first-order valence-electron chi connectivity index (χ1n) is 5.46. The number of rotatable bonds is 7. The first-order chi connectivity index (χ1) is 8.78. The van der Waals surface area contributed by atoms with E-state index in [1.807, 2.05) is 0 Å². The Hall–Kier alpha value is -1.23. The largest absolute Gasteiger partial charge is 0.383 e. The van der Waals surface area contributed by atoms with Crippen LogP contribution < -0.4 is 15.2 Å². The third-order valence-electron chi connectivity index (χ3n) is 2.12. The molecule has 0 spiro atoms. The molecule has 10 heteroatoms. The van der Waals surface area contributed by atoms with Crippen molar-refractivity contribution in [2.45, 2.75) is 11.8 Å². The third kappa shape index (κ3) is 4.74. The maximum absolute atomic E-state index is 11.9. The highest BCUT2D eigenvalue weighted by Gasteiger charge is 2.18. The molecule has 0 saturated carbocycles. The summed E-state index contributed by atoms with van der Waals surface area (Å²) in [4.78, 5) is 3.49. The van der Waals surface area contributed by atoms with E-state index >= 15 is 0 Å². The van der Waals surface area contributed by atoms with Crippen molar-refractivity contribution in [1.82, 2.24) is 14.4 Å². The molecule has 0 saturated heterocycles. The number of pyridine rings is 1. The number of sulfonamides is 2. The van der Waals surface area contributed by atoms with Gasteiger partial charge in [0, 0.05) is 19.3 Å². The highest BCUT2D eigenvalue weighted by atomic mass is 32.2. The standard InChI is InChI=1S/C9H16N4O4S2/c1-2-12-18(14,15)7-6-13-19(16,17)8-4-3-5-11-9(8)10/h3-5,12-13H,2,6-7H2,1H3,(H2,10,11). The topological polar surface area (TPSA) is 131 Å². The normalized spacial score (nSPS) is 12.5. The molecule has 1 heterocycles. The van der Waals surface area contributed by atoms with Gasteiger partial charge in [0.2, 0.25) is 20.0 Å². The van der Waals surface area contributed by atoms with E-state index in [4.69, 9.17) is 5.73 Å². The van der Waals surface area contributed by atoms with E-state index in [2.05, 4.69) is 14.4 Å². The Balaban J connectivity index is 2.70. The van der Waals surface area contributed by atoms with E-state index in [-0.39, 0.29) is 29.6 Å². The number of nitrogens with one attached hydrogen (secondary N) is 2. The molecule has 0 aliphatic heterocycles. The summed E-state index contributed by atoms with van der Waals surface area (Å²) in [5.41, 5.74) is 5.45. The molecule has 0 fully saturated rings. The van der Waals surface area contributed by atoms with E-state index in [1.165, 1.54) is 18.3 Å². The Labute approximate surface area is 112 Å². The van der Waals surface area contributed by atoms with Crippen molar-refractivity contribution in [3.05, 3.63) is 18.3 Å². The van der Waals surface area contributed by atoms with Crippen LogP contribution in [0.4, 0.5) is 5.82 Å². The summed E-state index contributed by atoms with van der Waals surface area (Å²) in [6, 6.07) is 2.73. The fraction of sp³-hybridized carbons (Fsp3) is 0.444. The van der Waals surface area contributed by atoms with Gasteiger partial charge in [0.25, 0.3) is 0 Å². The van der Waals surface area contributed by atoms with Crippen LogP contribution in [0.2, 0.25) is 0 Å². The first kappa shape index (κ1) is 15.8. The van der Waals surface area contributed by atoms with Gasteiger partial charge in [0.15, 0.2) is 0 Å². The highest BCUT2D eigenvalue weighted by Crippen LogP contribution is 2.13. The monoisotopic (exact) mass is 308 g/mol. The van der Waals surface area contributed by atoms with E-state index in [9.17, 15) is 16.8 Å². The van der Waals surface area contributed by atoms with E-state index in [0.717, 1.165) is 0 Å². The van der Waals surface area contributed by atoms with Crippen LogP contribution in [0.5, 0.6) is 0 Å². The van der Waals surface area contributed by atoms with Crippen molar-refractivity contribution in [2.24, 2.45) is 0 Å². The molecule has 4 N–H and O–H groups in total. The molecule has 1 aromatic rings. The molecule has 0 bridgehead atoms. The Morgan fingerprint density at radius 3 is 2.53 bits per heavy atom. The van der Waals surface area contributed by atoms with Crippen LogP contribution in [0, 0.1) is 0 Å². The predicted octanol–water partition coefficient (Wildman–Crippen LogP) is -1.12. The first-order valence-corrected chi connectivity index (χ1v) is 8.59. The molecular weight excluding hydrogens is 292 g/mol. The second-order valence-electron chi connectivity index (χ2n) is 3.60. The molecule has 1 rings (SSSR count). The molecule has 19 heavy (non-hydrogen) atoms. The van der Waals surface area contributed by atoms with Crippen LogP contribution in [0.25, 0.3) is 0 Å². The van der Waals surface area contributed by atoms with Crippen molar-refractivity contribution in [2.75, 3.05) is 24.6 Å². The van der Waals surface area contributed by atoms with Crippen LogP contribution in [0.3, 0.4) is 0 Å². The van der Waals surface area contributed by atoms with Gasteiger partial charge in [0.05, 0.1) is 5.75 Å². The summed E-state index contributed by atoms with van der Waals surface area (Å²) in [6.45, 7) is 1.65. The smallest absolute Gasteiger partial charge is 0.244 e. The van der Waals surface area contributed by atoms with Crippen LogP contribution in [0.15, 0.2) is 23.2 Å². The molecule has 0 unspecified atom stereocenters. The van der Waals surface area contributed by atoms with Crippen molar-refractivity contribution >= 4 is 25.9 Å². The molecule has 0 atom stereocenters. The van der Waals surface area contributed by atoms with Gasteiger partial charge >= 0.3 is 0 Å². The van der Waals surface area contributed by atoms with Gasteiger partial charge in [-0.1, -0.05) is 6.92 Å². The van der Waals surface area contributed by atoms with Gasteiger partial charge in [-0.25, -0.2) is 31.3 Å². The lowest BCUT2D eigenvalue weighted by molar-refractivity contribution is 0.576. The van der Waals surface area contributed by atoms with Gasteiger partial charge in [0.1, 0.15) is 10.7 Å². The number of anilines is 1. The Morgan fingerprint density at radius 2 is 1.95 bits per heavy atom. The Morgan fingerprint density at radius 1 is 1.26 bits per heavy atom. The zero-order chi connectivity index (χ0) is 14.5. The number of nitrogen functional groups attached to an aromatic ring is 1. The van der Waals surface area contributed by atoms with Gasteiger partial charge in [-0.3, -0.25) is 0 Å². The SMILES string of the molecule is CCNS(=O)(=O)CCNS(=O)(=O)c1cccnc1N. The summed E-state index contributed by atoms with van der Waals surface area (Å²) in [7, 11) is -7.33. The summed E-state index contributed by atoms with van der Waals surface area (Å²) >= 11 is 0. The fourth-order valence-electron chi connectivity index (χ4n) is 1.31. The van der Waals surface area contributed by atoms with Crippen LogP contribution >= 0.6 is 0 Å². The molecule has 0 amide bonds. The van der Waals surface area contributed by atoms with Crippen molar-refractivity contribution < 1.29 is 16.8 Å². The quantitative estimate of drug-likeness (QED) is 0.585. The van der Waals surface area contributed by atoms with Gasteiger partial charge < -0.3 is 5.73 Å². The molecule has 0 aliphatic carbocycles. The van der Waals surface area contributed by atoms with Gasteiger partial charge in [-0.2, -0.15) is 0 Å². The lowest BCUT2D eigenvalue weighted by Gasteiger charge is -2.08. The number of hydrogen-bond acceptors (Lipinski definition) is 6. The number of hydrogen-bond donors (Lipinski definition) is 3. The zero-order valence-electron chi connectivity index (χ0n) is 10.3. The highest BCUT2D eigenvalue weighted by molar-refractivity contribution is 7.90. The van der Waals surface area contributed by atoms with Crippen LogP contribution in [-0.4, -0.2) is 40.7 Å². The maximum Gasteiger partial charge on any atom is 0.244 e. The Bertz CT molecular complexity index is 627.